The molecule has 0 saturated carbocycles. The van der Waals surface area contributed by atoms with Crippen molar-refractivity contribution in [3.05, 3.63) is 51.9 Å². The van der Waals surface area contributed by atoms with E-state index >= 15 is 0 Å². The van der Waals surface area contributed by atoms with E-state index < -0.39 is 23.4 Å². The van der Waals surface area contributed by atoms with Crippen LogP contribution in [-0.4, -0.2) is 41.4 Å². The highest BCUT2D eigenvalue weighted by Crippen LogP contribution is 2.45. The topological polar surface area (TPSA) is 84.9 Å². The van der Waals surface area contributed by atoms with E-state index in [0.717, 1.165) is 48.5 Å². The Kier molecular flexibility index (Phi) is 6.35. The van der Waals surface area contributed by atoms with E-state index in [0.29, 0.717) is 10.6 Å². The third-order valence-corrected chi connectivity index (χ3v) is 6.64. The average Bonchev–Trinajstić information content (AvgIpc) is 3.09. The van der Waals surface area contributed by atoms with Crippen LogP contribution < -0.4 is 5.32 Å². The summed E-state index contributed by atoms with van der Waals surface area (Å²) in [4.78, 5) is 41.4. The number of hydrogen-bond acceptors (Lipinski definition) is 7. The van der Waals surface area contributed by atoms with Crippen LogP contribution in [-0.2, 0) is 32.2 Å². The molecular formula is C24H28N2O5S. The number of piperidine rings is 1. The minimum Gasteiger partial charge on any atom is -0.457 e. The summed E-state index contributed by atoms with van der Waals surface area (Å²) in [5, 5.41) is 2.99. The second-order valence-corrected chi connectivity index (χ2v) is 10.3. The fraction of sp³-hybridized carbons (Fsp3) is 0.458. The molecule has 1 aromatic carbocycles. The number of amides is 1. The Morgan fingerprint density at radius 3 is 2.66 bits per heavy atom. The molecule has 1 aromatic heterocycles. The third-order valence-electron chi connectivity index (χ3n) is 5.53. The highest BCUT2D eigenvalue weighted by molar-refractivity contribution is 7.17. The van der Waals surface area contributed by atoms with E-state index in [2.05, 4.69) is 10.2 Å². The van der Waals surface area contributed by atoms with Gasteiger partial charge in [0.15, 0.2) is 0 Å². The Balaban J connectivity index is 1.61. The van der Waals surface area contributed by atoms with Crippen molar-refractivity contribution >= 4 is 34.2 Å². The van der Waals surface area contributed by atoms with Crippen molar-refractivity contribution in [3.63, 3.8) is 0 Å². The summed E-state index contributed by atoms with van der Waals surface area (Å²) in [6.07, 6.45) is 2.05. The predicted molar refractivity (Wildman–Crippen MR) is 122 cm³/mol. The molecule has 2 aliphatic heterocycles. The Bertz CT molecular complexity index is 1030. The summed E-state index contributed by atoms with van der Waals surface area (Å²) in [6.45, 7) is 7.89. The highest BCUT2D eigenvalue weighted by Gasteiger charge is 2.37. The average molecular weight is 457 g/mol. The van der Waals surface area contributed by atoms with Crippen molar-refractivity contribution in [2.24, 2.45) is 0 Å². The maximum Gasteiger partial charge on any atom is 0.397 e. The number of nitrogens with one attached hydrogen (secondary N) is 1. The third kappa shape index (κ3) is 5.02. The second-order valence-electron chi connectivity index (χ2n) is 9.24. The SMILES string of the molecule is CC(C)(C)OC(=O)C(=O)Nc1sc2c(c1C(=O)OCc1ccccc1)[C@H]1CCCN(C2)C1. The molecule has 4 rings (SSSR count). The predicted octanol–water partition coefficient (Wildman–Crippen LogP) is 4.08. The Hall–Kier alpha value is -2.71. The van der Waals surface area contributed by atoms with Gasteiger partial charge in [-0.25, -0.2) is 9.59 Å². The Labute approximate surface area is 191 Å². The first-order valence-corrected chi connectivity index (χ1v) is 11.7. The van der Waals surface area contributed by atoms with E-state index in [-0.39, 0.29) is 12.5 Å². The Morgan fingerprint density at radius 1 is 1.19 bits per heavy atom. The van der Waals surface area contributed by atoms with E-state index in [1.54, 1.807) is 20.8 Å². The molecule has 170 valence electrons. The fourth-order valence-corrected chi connectivity index (χ4v) is 5.55. The monoisotopic (exact) mass is 456 g/mol. The minimum atomic E-state index is -0.977. The van der Waals surface area contributed by atoms with Crippen LogP contribution in [0.1, 0.15) is 65.9 Å². The van der Waals surface area contributed by atoms with Crippen LogP contribution >= 0.6 is 11.3 Å². The van der Waals surface area contributed by atoms with Crippen molar-refractivity contribution in [1.29, 1.82) is 0 Å². The number of esters is 2. The van der Waals surface area contributed by atoms with Gasteiger partial charge in [0.05, 0.1) is 5.56 Å². The zero-order chi connectivity index (χ0) is 22.9. The Morgan fingerprint density at radius 2 is 1.94 bits per heavy atom. The van der Waals surface area contributed by atoms with Crippen LogP contribution in [0.5, 0.6) is 0 Å². The molecule has 8 heteroatoms. The van der Waals surface area contributed by atoms with Gasteiger partial charge in [0.1, 0.15) is 17.2 Å². The van der Waals surface area contributed by atoms with Gasteiger partial charge in [0.25, 0.3) is 0 Å². The molecule has 2 aliphatic rings. The number of fused-ring (bicyclic) bond motifs is 4. The summed E-state index contributed by atoms with van der Waals surface area (Å²) < 4.78 is 10.8. The van der Waals surface area contributed by atoms with Crippen molar-refractivity contribution < 1.29 is 23.9 Å². The molecule has 1 saturated heterocycles. The number of thiophene rings is 1. The first-order valence-electron chi connectivity index (χ1n) is 10.8. The largest absolute Gasteiger partial charge is 0.457 e. The fourth-order valence-electron chi connectivity index (χ4n) is 4.24. The van der Waals surface area contributed by atoms with Crippen molar-refractivity contribution in [2.75, 3.05) is 18.4 Å². The molecule has 7 nitrogen and oxygen atoms in total. The molecule has 3 heterocycles. The maximum atomic E-state index is 13.2. The number of benzene rings is 1. The van der Waals surface area contributed by atoms with Gasteiger partial charge in [-0.3, -0.25) is 9.69 Å². The zero-order valence-electron chi connectivity index (χ0n) is 18.6. The first-order chi connectivity index (χ1) is 15.2. The van der Waals surface area contributed by atoms with Crippen LogP contribution in [0.4, 0.5) is 5.00 Å². The van der Waals surface area contributed by atoms with Gasteiger partial charge >= 0.3 is 17.8 Å². The number of rotatable bonds is 4. The lowest BCUT2D eigenvalue weighted by Crippen LogP contribution is -2.38. The highest BCUT2D eigenvalue weighted by atomic mass is 32.1. The zero-order valence-corrected chi connectivity index (χ0v) is 19.4. The lowest BCUT2D eigenvalue weighted by Gasteiger charge is -2.37. The summed E-state index contributed by atoms with van der Waals surface area (Å²) in [6, 6.07) is 9.46. The molecule has 1 N–H and O–H groups in total. The molecule has 0 aliphatic carbocycles. The van der Waals surface area contributed by atoms with E-state index in [4.69, 9.17) is 9.47 Å². The van der Waals surface area contributed by atoms with Crippen molar-refractivity contribution in [1.82, 2.24) is 4.90 Å². The normalized spacial score (nSPS) is 19.6. The number of anilines is 1. The van der Waals surface area contributed by atoms with Gasteiger partial charge in [-0.1, -0.05) is 30.3 Å². The van der Waals surface area contributed by atoms with Gasteiger partial charge in [-0.05, 0) is 57.2 Å². The molecule has 0 spiro atoms. The maximum absolute atomic E-state index is 13.2. The molecule has 1 unspecified atom stereocenters. The molecule has 2 aromatic rings. The summed E-state index contributed by atoms with van der Waals surface area (Å²) in [7, 11) is 0. The molecule has 2 bridgehead atoms. The number of hydrogen-bond donors (Lipinski definition) is 1. The van der Waals surface area contributed by atoms with Crippen molar-refractivity contribution in [3.8, 4) is 0 Å². The lowest BCUT2D eigenvalue weighted by molar-refractivity contribution is -0.161. The molecule has 1 fully saturated rings. The summed E-state index contributed by atoms with van der Waals surface area (Å²) in [5.41, 5.74) is 1.44. The molecule has 2 atom stereocenters. The summed E-state index contributed by atoms with van der Waals surface area (Å²) >= 11 is 1.35. The van der Waals surface area contributed by atoms with Gasteiger partial charge < -0.3 is 14.8 Å². The number of carbonyl (C=O) groups excluding carboxylic acids is 3. The molecule has 32 heavy (non-hydrogen) atoms. The lowest BCUT2D eigenvalue weighted by atomic mass is 9.85. The van der Waals surface area contributed by atoms with Crippen LogP contribution in [0.15, 0.2) is 30.3 Å². The van der Waals surface area contributed by atoms with E-state index in [1.807, 2.05) is 30.3 Å². The van der Waals surface area contributed by atoms with Gasteiger partial charge in [-0.2, -0.15) is 0 Å². The van der Waals surface area contributed by atoms with Crippen LogP contribution in [0.2, 0.25) is 0 Å². The quantitative estimate of drug-likeness (QED) is 0.551. The van der Waals surface area contributed by atoms with Crippen LogP contribution in [0, 0.1) is 0 Å². The van der Waals surface area contributed by atoms with E-state index in [9.17, 15) is 14.4 Å². The molecule has 0 radical (unpaired) electrons. The smallest absolute Gasteiger partial charge is 0.397 e. The second kappa shape index (κ2) is 9.03. The summed E-state index contributed by atoms with van der Waals surface area (Å²) in [5.74, 6) is -2.13. The number of ether oxygens (including phenoxy) is 2. The number of carbonyl (C=O) groups is 3. The van der Waals surface area contributed by atoms with Gasteiger partial charge in [0.2, 0.25) is 0 Å². The standard InChI is InChI=1S/C24H28N2O5S/c1-24(2,3)31-23(29)20(27)25-21-19(22(28)30-14-15-8-5-4-6-9-15)18-16-10-7-11-26(12-16)13-17(18)32-21/h4-6,8-9,16H,7,10-14H2,1-3H3,(H,25,27)/t16-/m0/s1. The van der Waals surface area contributed by atoms with E-state index in [1.165, 1.54) is 11.3 Å². The minimum absolute atomic E-state index is 0.139. The number of nitrogens with zero attached hydrogens (tertiary/aromatic N) is 1. The van der Waals surface area contributed by atoms with Crippen LogP contribution in [0.25, 0.3) is 0 Å². The van der Waals surface area contributed by atoms with Gasteiger partial charge in [0, 0.05) is 18.0 Å². The first kappa shape index (κ1) is 22.5. The van der Waals surface area contributed by atoms with Crippen LogP contribution in [0.3, 0.4) is 0 Å². The van der Waals surface area contributed by atoms with Crippen molar-refractivity contribution in [2.45, 2.75) is 58.3 Å². The molecular weight excluding hydrogens is 428 g/mol. The molecule has 1 amide bonds. The van der Waals surface area contributed by atoms with Gasteiger partial charge in [-0.15, -0.1) is 11.3 Å².